The molecule has 2 atom stereocenters. The van der Waals surface area contributed by atoms with Crippen molar-refractivity contribution in [2.75, 3.05) is 13.7 Å². The molecular formula is C14H26N2O2. The van der Waals surface area contributed by atoms with Gasteiger partial charge in [0.25, 0.3) is 0 Å². The van der Waals surface area contributed by atoms with Crippen LogP contribution in [0.25, 0.3) is 0 Å². The molecule has 0 aliphatic heterocycles. The Balaban J connectivity index is 1.93. The van der Waals surface area contributed by atoms with E-state index in [1.807, 2.05) is 0 Å². The molecule has 0 bridgehead atoms. The first-order valence-electron chi connectivity index (χ1n) is 6.89. The molecule has 2 unspecified atom stereocenters. The minimum atomic E-state index is -0.298. The van der Waals surface area contributed by atoms with Crippen LogP contribution in [-0.4, -0.2) is 31.7 Å². The number of amides is 1. The summed E-state index contributed by atoms with van der Waals surface area (Å²) in [5.74, 6) is 0.774. The normalized spacial score (nSPS) is 41.7. The SMILES string of the molecule is COC1CC(NC(=O)C2(CN)CC(C)C2)C1(C)C. The predicted octanol–water partition coefficient (Wildman–Crippen LogP) is 1.29. The first-order valence-corrected chi connectivity index (χ1v) is 6.89. The quantitative estimate of drug-likeness (QED) is 0.794. The lowest BCUT2D eigenvalue weighted by molar-refractivity contribution is -0.147. The van der Waals surface area contributed by atoms with Gasteiger partial charge in [-0.25, -0.2) is 0 Å². The third kappa shape index (κ3) is 1.95. The van der Waals surface area contributed by atoms with Crippen LogP contribution in [0, 0.1) is 16.7 Å². The van der Waals surface area contributed by atoms with Gasteiger partial charge in [-0.3, -0.25) is 4.79 Å². The number of hydrogen-bond donors (Lipinski definition) is 2. The lowest BCUT2D eigenvalue weighted by Crippen LogP contribution is -2.65. The molecule has 2 aliphatic carbocycles. The lowest BCUT2D eigenvalue weighted by atomic mass is 9.60. The average molecular weight is 254 g/mol. The Hall–Kier alpha value is -0.610. The van der Waals surface area contributed by atoms with E-state index in [0.717, 1.165) is 19.3 Å². The molecule has 4 heteroatoms. The Labute approximate surface area is 110 Å². The van der Waals surface area contributed by atoms with Crippen LogP contribution in [0.3, 0.4) is 0 Å². The molecule has 0 aromatic rings. The maximum atomic E-state index is 12.4. The van der Waals surface area contributed by atoms with E-state index >= 15 is 0 Å². The highest BCUT2D eigenvalue weighted by atomic mass is 16.5. The van der Waals surface area contributed by atoms with Crippen molar-refractivity contribution >= 4 is 5.91 Å². The molecular weight excluding hydrogens is 228 g/mol. The number of ether oxygens (including phenoxy) is 1. The number of nitrogens with two attached hydrogens (primary N) is 1. The van der Waals surface area contributed by atoms with E-state index in [-0.39, 0.29) is 28.9 Å². The molecule has 0 heterocycles. The summed E-state index contributed by atoms with van der Waals surface area (Å²) in [6, 6.07) is 0.217. The number of carbonyl (C=O) groups excluding carboxylic acids is 1. The summed E-state index contributed by atoms with van der Waals surface area (Å²) in [7, 11) is 1.74. The van der Waals surface area contributed by atoms with Gasteiger partial charge in [-0.15, -0.1) is 0 Å². The molecule has 18 heavy (non-hydrogen) atoms. The summed E-state index contributed by atoms with van der Waals surface area (Å²) in [6.45, 7) is 6.93. The van der Waals surface area contributed by atoms with Gasteiger partial charge in [0.05, 0.1) is 11.5 Å². The van der Waals surface area contributed by atoms with Crippen LogP contribution in [0.5, 0.6) is 0 Å². The van der Waals surface area contributed by atoms with E-state index < -0.39 is 0 Å². The first-order chi connectivity index (χ1) is 8.35. The smallest absolute Gasteiger partial charge is 0.227 e. The van der Waals surface area contributed by atoms with Crippen LogP contribution in [0.4, 0.5) is 0 Å². The minimum absolute atomic E-state index is 0.0234. The van der Waals surface area contributed by atoms with E-state index in [1.54, 1.807) is 7.11 Å². The fourth-order valence-corrected chi connectivity index (χ4v) is 3.56. The summed E-state index contributed by atoms with van der Waals surface area (Å²) < 4.78 is 5.41. The van der Waals surface area contributed by atoms with Gasteiger partial charge in [-0.2, -0.15) is 0 Å². The molecule has 2 rings (SSSR count). The summed E-state index contributed by atoms with van der Waals surface area (Å²) >= 11 is 0. The largest absolute Gasteiger partial charge is 0.381 e. The molecule has 2 fully saturated rings. The molecule has 0 saturated heterocycles. The Morgan fingerprint density at radius 2 is 2.06 bits per heavy atom. The van der Waals surface area contributed by atoms with E-state index in [1.165, 1.54) is 0 Å². The van der Waals surface area contributed by atoms with Crippen molar-refractivity contribution in [3.63, 3.8) is 0 Å². The van der Waals surface area contributed by atoms with Crippen molar-refractivity contribution in [1.82, 2.24) is 5.32 Å². The third-order valence-electron chi connectivity index (χ3n) is 5.12. The number of nitrogens with one attached hydrogen (secondary N) is 1. The van der Waals surface area contributed by atoms with Gasteiger partial charge in [0.2, 0.25) is 5.91 Å². The maximum Gasteiger partial charge on any atom is 0.227 e. The summed E-state index contributed by atoms with van der Waals surface area (Å²) in [5, 5.41) is 3.19. The number of hydrogen-bond acceptors (Lipinski definition) is 3. The van der Waals surface area contributed by atoms with Crippen LogP contribution < -0.4 is 11.1 Å². The Morgan fingerprint density at radius 1 is 1.44 bits per heavy atom. The maximum absolute atomic E-state index is 12.4. The van der Waals surface area contributed by atoms with E-state index in [4.69, 9.17) is 10.5 Å². The second-order valence-corrected chi connectivity index (χ2v) is 6.81. The number of carbonyl (C=O) groups is 1. The van der Waals surface area contributed by atoms with Crippen molar-refractivity contribution in [3.05, 3.63) is 0 Å². The fourth-order valence-electron chi connectivity index (χ4n) is 3.56. The average Bonchev–Trinajstić information content (AvgIpc) is 2.29. The van der Waals surface area contributed by atoms with Gasteiger partial charge >= 0.3 is 0 Å². The molecule has 0 spiro atoms. The molecule has 1 amide bonds. The molecule has 3 N–H and O–H groups in total. The Kier molecular flexibility index (Phi) is 3.45. The van der Waals surface area contributed by atoms with Gasteiger partial charge in [0.15, 0.2) is 0 Å². The van der Waals surface area contributed by atoms with Crippen molar-refractivity contribution in [2.24, 2.45) is 22.5 Å². The highest BCUT2D eigenvalue weighted by Gasteiger charge is 2.53. The van der Waals surface area contributed by atoms with Crippen LogP contribution in [0.15, 0.2) is 0 Å². The Morgan fingerprint density at radius 3 is 2.44 bits per heavy atom. The molecule has 104 valence electrons. The summed E-state index contributed by atoms with van der Waals surface area (Å²) in [4.78, 5) is 12.4. The highest BCUT2D eigenvalue weighted by Crippen LogP contribution is 2.47. The minimum Gasteiger partial charge on any atom is -0.381 e. The zero-order chi connectivity index (χ0) is 13.6. The third-order valence-corrected chi connectivity index (χ3v) is 5.12. The standard InChI is InChI=1S/C14H26N2O2/c1-9-6-14(7-9,8-15)12(17)16-10-5-11(18-4)13(10,2)3/h9-11H,5-8,15H2,1-4H3,(H,16,17). The Bertz CT molecular complexity index is 335. The van der Waals surface area contributed by atoms with E-state index in [2.05, 4.69) is 26.1 Å². The zero-order valence-electron chi connectivity index (χ0n) is 12.0. The molecule has 0 radical (unpaired) electrons. The van der Waals surface area contributed by atoms with Gasteiger partial charge in [0.1, 0.15) is 0 Å². The molecule has 4 nitrogen and oxygen atoms in total. The second-order valence-electron chi connectivity index (χ2n) is 6.81. The van der Waals surface area contributed by atoms with Gasteiger partial charge in [-0.1, -0.05) is 20.8 Å². The van der Waals surface area contributed by atoms with Crippen LogP contribution in [0.2, 0.25) is 0 Å². The summed E-state index contributed by atoms with van der Waals surface area (Å²) in [6.07, 6.45) is 3.01. The zero-order valence-corrected chi connectivity index (χ0v) is 12.0. The predicted molar refractivity (Wildman–Crippen MR) is 71.0 cm³/mol. The fraction of sp³-hybridized carbons (Fsp3) is 0.929. The summed E-state index contributed by atoms with van der Waals surface area (Å²) in [5.41, 5.74) is 5.53. The van der Waals surface area contributed by atoms with Crippen LogP contribution in [0.1, 0.15) is 40.0 Å². The molecule has 0 aromatic heterocycles. The van der Waals surface area contributed by atoms with Crippen molar-refractivity contribution in [1.29, 1.82) is 0 Å². The van der Waals surface area contributed by atoms with Crippen LogP contribution in [-0.2, 0) is 9.53 Å². The van der Waals surface area contributed by atoms with E-state index in [9.17, 15) is 4.79 Å². The monoisotopic (exact) mass is 254 g/mol. The van der Waals surface area contributed by atoms with Crippen molar-refractivity contribution < 1.29 is 9.53 Å². The van der Waals surface area contributed by atoms with E-state index in [0.29, 0.717) is 12.5 Å². The van der Waals surface area contributed by atoms with Crippen molar-refractivity contribution in [3.8, 4) is 0 Å². The van der Waals surface area contributed by atoms with Crippen molar-refractivity contribution in [2.45, 2.75) is 52.2 Å². The molecule has 2 saturated carbocycles. The second kappa shape index (κ2) is 4.49. The number of rotatable bonds is 4. The van der Waals surface area contributed by atoms with Crippen LogP contribution >= 0.6 is 0 Å². The van der Waals surface area contributed by atoms with Gasteiger partial charge in [0, 0.05) is 25.1 Å². The van der Waals surface area contributed by atoms with Gasteiger partial charge in [-0.05, 0) is 25.2 Å². The lowest BCUT2D eigenvalue weighted by Gasteiger charge is -2.53. The first kappa shape index (κ1) is 13.8. The molecule has 2 aliphatic rings. The van der Waals surface area contributed by atoms with Gasteiger partial charge < -0.3 is 15.8 Å². The number of methoxy groups -OCH3 is 1. The highest BCUT2D eigenvalue weighted by molar-refractivity contribution is 5.84. The topological polar surface area (TPSA) is 64.3 Å². The molecule has 0 aromatic carbocycles.